The van der Waals surface area contributed by atoms with Crippen LogP contribution in [0.2, 0.25) is 0 Å². The summed E-state index contributed by atoms with van der Waals surface area (Å²) in [7, 11) is 0. The zero-order chi connectivity index (χ0) is 17.4. The van der Waals surface area contributed by atoms with E-state index in [-0.39, 0.29) is 22.2 Å². The second-order valence-electron chi connectivity index (χ2n) is 5.31. The quantitative estimate of drug-likeness (QED) is 0.548. The molecule has 0 atom stereocenters. The van der Waals surface area contributed by atoms with Crippen LogP contribution in [0.15, 0.2) is 57.3 Å². The van der Waals surface area contributed by atoms with E-state index in [1.165, 1.54) is 11.3 Å². The molecule has 0 radical (unpaired) electrons. The third-order valence-corrected chi connectivity index (χ3v) is 4.78. The highest BCUT2D eigenvalue weighted by molar-refractivity contribution is 7.17. The Labute approximate surface area is 150 Å². The molecule has 7 heteroatoms. The van der Waals surface area contributed by atoms with Crippen molar-refractivity contribution in [2.75, 3.05) is 0 Å². The Morgan fingerprint density at radius 2 is 2.20 bits per heavy atom. The van der Waals surface area contributed by atoms with Gasteiger partial charge >= 0.3 is 0 Å². The molecule has 0 bridgehead atoms. The van der Waals surface area contributed by atoms with Gasteiger partial charge in [-0.15, -0.1) is 11.3 Å². The third kappa shape index (κ3) is 2.97. The first-order valence-corrected chi connectivity index (χ1v) is 8.59. The molecule has 0 aliphatic carbocycles. The van der Waals surface area contributed by atoms with Crippen LogP contribution in [-0.2, 0) is 0 Å². The average molecular weight is 371 g/mol. The number of furan rings is 1. The molecule has 0 aliphatic heterocycles. The lowest BCUT2D eigenvalue weighted by Crippen LogP contribution is -2.10. The number of halogens is 1. The van der Waals surface area contributed by atoms with Crippen molar-refractivity contribution in [3.63, 3.8) is 0 Å². The first-order valence-electron chi connectivity index (χ1n) is 7.34. The SMILES string of the molecule is O=c1[nH]c(/C(Cl)=C/c2cccc(O)c2)nc2scc(-c3ccco3)c12. The highest BCUT2D eigenvalue weighted by Gasteiger charge is 2.15. The predicted octanol–water partition coefficient (Wildman–Crippen LogP) is 4.69. The van der Waals surface area contributed by atoms with Crippen molar-refractivity contribution in [3.8, 4) is 17.1 Å². The number of fused-ring (bicyclic) bond motifs is 1. The molecule has 0 spiro atoms. The predicted molar refractivity (Wildman–Crippen MR) is 99.8 cm³/mol. The second-order valence-corrected chi connectivity index (χ2v) is 6.57. The summed E-state index contributed by atoms with van der Waals surface area (Å²) < 4.78 is 5.37. The van der Waals surface area contributed by atoms with Gasteiger partial charge in [0.05, 0.1) is 16.7 Å². The van der Waals surface area contributed by atoms with E-state index in [1.54, 1.807) is 48.7 Å². The molecule has 124 valence electrons. The number of nitrogens with one attached hydrogen (secondary N) is 1. The third-order valence-electron chi connectivity index (χ3n) is 3.62. The van der Waals surface area contributed by atoms with Crippen LogP contribution in [0.3, 0.4) is 0 Å². The minimum atomic E-state index is -0.282. The van der Waals surface area contributed by atoms with Gasteiger partial charge in [0, 0.05) is 10.9 Å². The van der Waals surface area contributed by atoms with Gasteiger partial charge in [-0.2, -0.15) is 0 Å². The molecule has 0 unspecified atom stereocenters. The number of aromatic hydroxyl groups is 1. The van der Waals surface area contributed by atoms with Crippen molar-refractivity contribution in [2.24, 2.45) is 0 Å². The van der Waals surface area contributed by atoms with Gasteiger partial charge in [0.2, 0.25) is 0 Å². The molecule has 0 saturated heterocycles. The van der Waals surface area contributed by atoms with Gasteiger partial charge in [0.1, 0.15) is 16.3 Å². The summed E-state index contributed by atoms with van der Waals surface area (Å²) >= 11 is 7.65. The Balaban J connectivity index is 1.81. The maximum absolute atomic E-state index is 12.5. The van der Waals surface area contributed by atoms with Crippen LogP contribution in [0.5, 0.6) is 5.75 Å². The number of hydrogen-bond acceptors (Lipinski definition) is 5. The van der Waals surface area contributed by atoms with E-state index in [1.807, 2.05) is 5.38 Å². The van der Waals surface area contributed by atoms with Gasteiger partial charge in [0.15, 0.2) is 5.82 Å². The van der Waals surface area contributed by atoms with Gasteiger partial charge in [-0.3, -0.25) is 4.79 Å². The molecule has 2 N–H and O–H groups in total. The smallest absolute Gasteiger partial charge is 0.260 e. The maximum atomic E-state index is 12.5. The van der Waals surface area contributed by atoms with Gasteiger partial charge in [-0.25, -0.2) is 4.98 Å². The molecule has 0 amide bonds. The van der Waals surface area contributed by atoms with E-state index in [0.29, 0.717) is 27.1 Å². The summed E-state index contributed by atoms with van der Waals surface area (Å²) in [6.07, 6.45) is 3.19. The first-order chi connectivity index (χ1) is 12.1. The van der Waals surface area contributed by atoms with Gasteiger partial charge in [-0.1, -0.05) is 23.7 Å². The summed E-state index contributed by atoms with van der Waals surface area (Å²) in [5.41, 5.74) is 1.13. The van der Waals surface area contributed by atoms with Crippen molar-refractivity contribution in [3.05, 3.63) is 69.8 Å². The Hall–Kier alpha value is -2.83. The van der Waals surface area contributed by atoms with Crippen LogP contribution in [0, 0.1) is 0 Å². The van der Waals surface area contributed by atoms with Crippen LogP contribution in [0.25, 0.3) is 32.6 Å². The fraction of sp³-hybridized carbons (Fsp3) is 0. The number of aromatic nitrogens is 2. The molecular formula is C18H11ClN2O3S. The molecule has 0 fully saturated rings. The zero-order valence-electron chi connectivity index (χ0n) is 12.7. The molecule has 4 rings (SSSR count). The number of aromatic amines is 1. The number of thiophene rings is 1. The van der Waals surface area contributed by atoms with Gasteiger partial charge in [0.25, 0.3) is 5.56 Å². The summed E-state index contributed by atoms with van der Waals surface area (Å²) in [6, 6.07) is 10.2. The summed E-state index contributed by atoms with van der Waals surface area (Å²) in [5, 5.41) is 12.1. The van der Waals surface area contributed by atoms with Gasteiger partial charge < -0.3 is 14.5 Å². The van der Waals surface area contributed by atoms with Gasteiger partial charge in [-0.05, 0) is 35.9 Å². The molecule has 3 heterocycles. The summed E-state index contributed by atoms with van der Waals surface area (Å²) in [4.78, 5) is 20.3. The Morgan fingerprint density at radius 3 is 2.96 bits per heavy atom. The molecule has 1 aromatic carbocycles. The van der Waals surface area contributed by atoms with E-state index >= 15 is 0 Å². The molecule has 0 saturated carbocycles. The number of nitrogens with zero attached hydrogens (tertiary/aromatic N) is 1. The zero-order valence-corrected chi connectivity index (χ0v) is 14.3. The van der Waals surface area contributed by atoms with Crippen molar-refractivity contribution in [1.29, 1.82) is 0 Å². The fourth-order valence-corrected chi connectivity index (χ4v) is 3.65. The molecule has 0 aliphatic rings. The lowest BCUT2D eigenvalue weighted by Gasteiger charge is -2.01. The molecule has 5 nitrogen and oxygen atoms in total. The van der Waals surface area contributed by atoms with Crippen molar-refractivity contribution in [2.45, 2.75) is 0 Å². The topological polar surface area (TPSA) is 79.1 Å². The van der Waals surface area contributed by atoms with E-state index in [4.69, 9.17) is 16.0 Å². The van der Waals surface area contributed by atoms with Crippen molar-refractivity contribution in [1.82, 2.24) is 9.97 Å². The number of phenolic OH excluding ortho intramolecular Hbond substituents is 1. The largest absolute Gasteiger partial charge is 0.508 e. The fourth-order valence-electron chi connectivity index (χ4n) is 2.50. The number of H-pyrrole nitrogens is 1. The molecule has 4 aromatic rings. The molecular weight excluding hydrogens is 360 g/mol. The molecule has 25 heavy (non-hydrogen) atoms. The second kappa shape index (κ2) is 6.23. The lowest BCUT2D eigenvalue weighted by atomic mass is 10.2. The van der Waals surface area contributed by atoms with Crippen LogP contribution in [0.1, 0.15) is 11.4 Å². The monoisotopic (exact) mass is 370 g/mol. The number of phenols is 1. The average Bonchev–Trinajstić information content (AvgIpc) is 3.23. The number of hydrogen-bond donors (Lipinski definition) is 2. The first kappa shape index (κ1) is 15.7. The van der Waals surface area contributed by atoms with E-state index in [2.05, 4.69) is 9.97 Å². The lowest BCUT2D eigenvalue weighted by molar-refractivity contribution is 0.475. The Bertz CT molecular complexity index is 1140. The van der Waals surface area contributed by atoms with Crippen LogP contribution >= 0.6 is 22.9 Å². The molecule has 3 aromatic heterocycles. The van der Waals surface area contributed by atoms with Crippen LogP contribution in [-0.4, -0.2) is 15.1 Å². The number of benzene rings is 1. The van der Waals surface area contributed by atoms with E-state index in [0.717, 1.165) is 0 Å². The highest BCUT2D eigenvalue weighted by Crippen LogP contribution is 2.32. The highest BCUT2D eigenvalue weighted by atomic mass is 35.5. The maximum Gasteiger partial charge on any atom is 0.260 e. The van der Waals surface area contributed by atoms with Crippen molar-refractivity contribution >= 4 is 44.3 Å². The van der Waals surface area contributed by atoms with Crippen molar-refractivity contribution < 1.29 is 9.52 Å². The Kier molecular flexibility index (Phi) is 3.91. The number of rotatable bonds is 3. The minimum Gasteiger partial charge on any atom is -0.508 e. The summed E-state index contributed by atoms with van der Waals surface area (Å²) in [6.45, 7) is 0. The van der Waals surface area contributed by atoms with E-state index < -0.39 is 0 Å². The standard InChI is InChI=1S/C18H11ClN2O3S/c19-13(8-10-3-1-4-11(22)7-10)16-20-17(23)15-12(9-25-18(15)21-16)14-5-2-6-24-14/h1-9,22H,(H,20,21,23)/b13-8-. The summed E-state index contributed by atoms with van der Waals surface area (Å²) in [5.74, 6) is 1.03. The Morgan fingerprint density at radius 1 is 1.32 bits per heavy atom. The van der Waals surface area contributed by atoms with Crippen LogP contribution < -0.4 is 5.56 Å². The minimum absolute atomic E-state index is 0.136. The van der Waals surface area contributed by atoms with Crippen LogP contribution in [0.4, 0.5) is 0 Å². The normalized spacial score (nSPS) is 12.0. The van der Waals surface area contributed by atoms with E-state index in [9.17, 15) is 9.90 Å².